The van der Waals surface area contributed by atoms with Crippen LogP contribution < -0.4 is 4.31 Å². The van der Waals surface area contributed by atoms with Crippen LogP contribution in [0.5, 0.6) is 0 Å². The van der Waals surface area contributed by atoms with E-state index < -0.39 is 15.8 Å². The molecule has 0 fully saturated rings. The van der Waals surface area contributed by atoms with Crippen LogP contribution in [0.1, 0.15) is 5.82 Å². The highest BCUT2D eigenvalue weighted by Gasteiger charge is 2.21. The summed E-state index contributed by atoms with van der Waals surface area (Å²) in [6.45, 7) is -0.111. The molecule has 3 rings (SSSR count). The van der Waals surface area contributed by atoms with Crippen molar-refractivity contribution >= 4 is 38.9 Å². The van der Waals surface area contributed by atoms with E-state index in [1.54, 1.807) is 18.2 Å². The molecule has 11 heteroatoms. The molecule has 0 saturated heterocycles. The van der Waals surface area contributed by atoms with Crippen molar-refractivity contribution in [2.75, 3.05) is 10.6 Å². The second-order valence-corrected chi connectivity index (χ2v) is 8.11. The number of rotatable bonds is 5. The molecule has 0 aliphatic heterocycles. The van der Waals surface area contributed by atoms with Gasteiger partial charge in [-0.05, 0) is 29.8 Å². The maximum absolute atomic E-state index is 13.7. The minimum atomic E-state index is -3.63. The van der Waals surface area contributed by atoms with Crippen LogP contribution in [-0.2, 0) is 16.6 Å². The van der Waals surface area contributed by atoms with Gasteiger partial charge in [-0.2, -0.15) is 5.21 Å². The normalized spacial score (nSPS) is 11.5. The number of halogens is 3. The first-order valence-electron chi connectivity index (χ1n) is 7.20. The molecule has 0 bridgehead atoms. The Bertz CT molecular complexity index is 1040. The SMILES string of the molecule is CS(=O)(=O)N(Cc1nn[nH]n1)c1ccc(-c2ccc(Cl)c(F)c2)c(Cl)c1. The highest BCUT2D eigenvalue weighted by Crippen LogP contribution is 2.34. The Hall–Kier alpha value is -2.23. The fraction of sp³-hybridized carbons (Fsp3) is 0.133. The van der Waals surface area contributed by atoms with Crippen LogP contribution in [0.3, 0.4) is 0 Å². The molecule has 0 saturated carbocycles. The van der Waals surface area contributed by atoms with Gasteiger partial charge in [-0.1, -0.05) is 40.5 Å². The summed E-state index contributed by atoms with van der Waals surface area (Å²) < 4.78 is 39.1. The maximum atomic E-state index is 13.7. The van der Waals surface area contributed by atoms with Gasteiger partial charge in [0.2, 0.25) is 10.0 Å². The summed E-state index contributed by atoms with van der Waals surface area (Å²) in [7, 11) is -3.63. The van der Waals surface area contributed by atoms with E-state index in [1.807, 2.05) is 0 Å². The number of tetrazole rings is 1. The van der Waals surface area contributed by atoms with E-state index in [0.717, 1.165) is 10.6 Å². The van der Waals surface area contributed by atoms with Gasteiger partial charge < -0.3 is 0 Å². The Morgan fingerprint density at radius 2 is 1.92 bits per heavy atom. The average Bonchev–Trinajstić information content (AvgIpc) is 3.07. The largest absolute Gasteiger partial charge is 0.263 e. The van der Waals surface area contributed by atoms with Gasteiger partial charge in [-0.3, -0.25) is 4.31 Å². The van der Waals surface area contributed by atoms with Crippen molar-refractivity contribution in [3.05, 3.63) is 58.1 Å². The minimum absolute atomic E-state index is 0.00450. The number of nitrogens with zero attached hydrogens (tertiary/aromatic N) is 4. The molecule has 2 aromatic carbocycles. The summed E-state index contributed by atoms with van der Waals surface area (Å²) in [6, 6.07) is 8.96. The van der Waals surface area contributed by atoms with Gasteiger partial charge in [-0.25, -0.2) is 12.8 Å². The molecule has 7 nitrogen and oxygen atoms in total. The molecule has 1 aromatic heterocycles. The molecule has 1 N–H and O–H groups in total. The topological polar surface area (TPSA) is 91.8 Å². The molecular formula is C15H12Cl2FN5O2S. The number of hydrogen-bond acceptors (Lipinski definition) is 5. The van der Waals surface area contributed by atoms with Crippen LogP contribution in [0.25, 0.3) is 11.1 Å². The Morgan fingerprint density at radius 1 is 1.15 bits per heavy atom. The van der Waals surface area contributed by atoms with E-state index in [1.165, 1.54) is 18.2 Å². The van der Waals surface area contributed by atoms with Crippen LogP contribution in [0.2, 0.25) is 10.0 Å². The third kappa shape index (κ3) is 3.95. The fourth-order valence-corrected chi connectivity index (χ4v) is 3.58. The minimum Gasteiger partial charge on any atom is -0.263 e. The molecule has 0 unspecified atom stereocenters. The van der Waals surface area contributed by atoms with E-state index >= 15 is 0 Å². The van der Waals surface area contributed by atoms with Crippen LogP contribution in [0.4, 0.5) is 10.1 Å². The van der Waals surface area contributed by atoms with Crippen molar-refractivity contribution < 1.29 is 12.8 Å². The molecule has 0 spiro atoms. The zero-order chi connectivity index (χ0) is 18.9. The third-order valence-corrected chi connectivity index (χ3v) is 5.31. The quantitative estimate of drug-likeness (QED) is 0.689. The van der Waals surface area contributed by atoms with Crippen LogP contribution in [0.15, 0.2) is 36.4 Å². The molecule has 136 valence electrons. The number of anilines is 1. The zero-order valence-corrected chi connectivity index (χ0v) is 15.6. The molecule has 0 atom stereocenters. The van der Waals surface area contributed by atoms with E-state index in [9.17, 15) is 12.8 Å². The van der Waals surface area contributed by atoms with Crippen molar-refractivity contribution in [2.24, 2.45) is 0 Å². The zero-order valence-electron chi connectivity index (χ0n) is 13.3. The van der Waals surface area contributed by atoms with Crippen molar-refractivity contribution in [2.45, 2.75) is 6.54 Å². The second-order valence-electron chi connectivity index (χ2n) is 5.39. The van der Waals surface area contributed by atoms with Gasteiger partial charge in [0.1, 0.15) is 5.82 Å². The molecule has 26 heavy (non-hydrogen) atoms. The monoisotopic (exact) mass is 415 g/mol. The Morgan fingerprint density at radius 3 is 2.50 bits per heavy atom. The second kappa shape index (κ2) is 7.18. The first-order chi connectivity index (χ1) is 12.3. The molecule has 3 aromatic rings. The van der Waals surface area contributed by atoms with Crippen LogP contribution in [0, 0.1) is 5.82 Å². The lowest BCUT2D eigenvalue weighted by molar-refractivity contribution is 0.595. The summed E-state index contributed by atoms with van der Waals surface area (Å²) in [5.74, 6) is -0.366. The smallest absolute Gasteiger partial charge is 0.232 e. The van der Waals surface area contributed by atoms with E-state index in [4.69, 9.17) is 23.2 Å². The number of H-pyrrole nitrogens is 1. The van der Waals surface area contributed by atoms with Crippen molar-refractivity contribution in [3.63, 3.8) is 0 Å². The lowest BCUT2D eigenvalue weighted by atomic mass is 10.1. The van der Waals surface area contributed by atoms with Crippen molar-refractivity contribution in [1.82, 2.24) is 20.6 Å². The van der Waals surface area contributed by atoms with E-state index in [0.29, 0.717) is 16.8 Å². The highest BCUT2D eigenvalue weighted by atomic mass is 35.5. The summed E-state index contributed by atoms with van der Waals surface area (Å²) in [6.07, 6.45) is 1.06. The Labute approximate surface area is 158 Å². The maximum Gasteiger partial charge on any atom is 0.232 e. The molecule has 0 aliphatic carbocycles. The number of benzene rings is 2. The highest BCUT2D eigenvalue weighted by molar-refractivity contribution is 7.92. The molecule has 0 amide bonds. The van der Waals surface area contributed by atoms with Gasteiger partial charge in [0.05, 0.1) is 28.5 Å². The predicted molar refractivity (Wildman–Crippen MR) is 97.1 cm³/mol. The molecule has 0 radical (unpaired) electrons. The number of hydrogen-bond donors (Lipinski definition) is 1. The lowest BCUT2D eigenvalue weighted by Gasteiger charge is -2.21. The van der Waals surface area contributed by atoms with Gasteiger partial charge in [0, 0.05) is 5.56 Å². The fourth-order valence-electron chi connectivity index (χ4n) is 2.33. The number of aromatic nitrogens is 4. The summed E-state index contributed by atoms with van der Waals surface area (Å²) in [5, 5.41) is 13.5. The van der Waals surface area contributed by atoms with Crippen molar-refractivity contribution in [1.29, 1.82) is 0 Å². The Kier molecular flexibility index (Phi) is 5.12. The van der Waals surface area contributed by atoms with Crippen molar-refractivity contribution in [3.8, 4) is 11.1 Å². The van der Waals surface area contributed by atoms with E-state index in [2.05, 4.69) is 20.6 Å². The van der Waals surface area contributed by atoms with Gasteiger partial charge >= 0.3 is 0 Å². The third-order valence-electron chi connectivity index (χ3n) is 3.55. The number of nitrogens with one attached hydrogen (secondary N) is 1. The van der Waals surface area contributed by atoms with E-state index in [-0.39, 0.29) is 22.4 Å². The summed E-state index contributed by atoms with van der Waals surface area (Å²) in [5.41, 5.74) is 1.38. The number of sulfonamides is 1. The average molecular weight is 416 g/mol. The predicted octanol–water partition coefficient (Wildman–Crippen LogP) is 3.28. The summed E-state index contributed by atoms with van der Waals surface area (Å²) >= 11 is 12.0. The lowest BCUT2D eigenvalue weighted by Crippen LogP contribution is -2.29. The standard InChI is InChI=1S/C15H12Cl2FN5O2S/c1-26(24,25)23(8-15-19-21-22-20-15)10-3-4-11(13(17)7-10)9-2-5-12(16)14(18)6-9/h2-7H,8H2,1H3,(H,19,20,21,22). The first kappa shape index (κ1) is 18.6. The first-order valence-corrected chi connectivity index (χ1v) is 9.81. The number of aromatic amines is 1. The van der Waals surface area contributed by atoms with Gasteiger partial charge in [0.25, 0.3) is 0 Å². The van der Waals surface area contributed by atoms with Crippen LogP contribution in [-0.4, -0.2) is 35.3 Å². The Balaban J connectivity index is 2.00. The van der Waals surface area contributed by atoms with Crippen LogP contribution >= 0.6 is 23.2 Å². The molecular weight excluding hydrogens is 404 g/mol. The molecule has 1 heterocycles. The summed E-state index contributed by atoms with van der Waals surface area (Å²) in [4.78, 5) is 0. The molecule has 0 aliphatic rings. The van der Waals surface area contributed by atoms with Gasteiger partial charge in [0.15, 0.2) is 5.82 Å². The van der Waals surface area contributed by atoms with Gasteiger partial charge in [-0.15, -0.1) is 10.2 Å².